The number of aryl methyl sites for hydroxylation is 1. The molecule has 0 atom stereocenters. The Labute approximate surface area is 124 Å². The van der Waals surface area contributed by atoms with Crippen LogP contribution in [-0.2, 0) is 0 Å². The first-order valence-electron chi connectivity index (χ1n) is 6.85. The number of fused-ring (bicyclic) bond motifs is 1. The van der Waals surface area contributed by atoms with E-state index in [1.807, 2.05) is 55.5 Å². The van der Waals surface area contributed by atoms with Gasteiger partial charge < -0.3 is 9.47 Å². The van der Waals surface area contributed by atoms with Gasteiger partial charge in [0.15, 0.2) is 11.5 Å². The molecule has 0 bridgehead atoms. The summed E-state index contributed by atoms with van der Waals surface area (Å²) >= 11 is 0. The third-order valence-electron chi connectivity index (χ3n) is 3.36. The van der Waals surface area contributed by atoms with Crippen molar-refractivity contribution in [3.05, 3.63) is 59.2 Å². The van der Waals surface area contributed by atoms with Gasteiger partial charge in [0.2, 0.25) is 0 Å². The van der Waals surface area contributed by atoms with E-state index in [0.29, 0.717) is 18.8 Å². The summed E-state index contributed by atoms with van der Waals surface area (Å²) in [4.78, 5) is 0. The predicted octanol–water partition coefficient (Wildman–Crippen LogP) is 3.83. The molecule has 21 heavy (non-hydrogen) atoms. The van der Waals surface area contributed by atoms with Crippen molar-refractivity contribution in [2.24, 2.45) is 0 Å². The molecular weight excluding hydrogens is 262 g/mol. The highest BCUT2D eigenvalue weighted by molar-refractivity contribution is 5.89. The van der Waals surface area contributed by atoms with E-state index in [9.17, 15) is 5.26 Å². The van der Waals surface area contributed by atoms with Gasteiger partial charge in [-0.15, -0.1) is 0 Å². The Morgan fingerprint density at radius 3 is 2.48 bits per heavy atom. The summed E-state index contributed by atoms with van der Waals surface area (Å²) in [6, 6.07) is 15.9. The molecule has 0 aromatic heterocycles. The zero-order valence-corrected chi connectivity index (χ0v) is 11.8. The second kappa shape index (κ2) is 5.72. The number of benzene rings is 2. The van der Waals surface area contributed by atoms with E-state index in [4.69, 9.17) is 9.47 Å². The standard InChI is InChI=1S/C18H15NO2/c1-13-2-5-15(6-3-13)16(12-19)10-14-4-7-17-18(11-14)21-9-8-20-17/h2-7,10-11H,8-9H2,1H3/b16-10+. The maximum absolute atomic E-state index is 9.37. The minimum Gasteiger partial charge on any atom is -0.486 e. The predicted molar refractivity (Wildman–Crippen MR) is 82.1 cm³/mol. The largest absolute Gasteiger partial charge is 0.486 e. The summed E-state index contributed by atoms with van der Waals surface area (Å²) in [6.07, 6.45) is 1.86. The molecule has 2 aromatic carbocycles. The van der Waals surface area contributed by atoms with Crippen LogP contribution < -0.4 is 9.47 Å². The second-order valence-electron chi connectivity index (χ2n) is 4.94. The summed E-state index contributed by atoms with van der Waals surface area (Å²) in [5, 5.41) is 9.37. The summed E-state index contributed by atoms with van der Waals surface area (Å²) in [6.45, 7) is 3.17. The van der Waals surface area contributed by atoms with E-state index in [-0.39, 0.29) is 0 Å². The Morgan fingerprint density at radius 1 is 1.05 bits per heavy atom. The van der Waals surface area contributed by atoms with E-state index in [0.717, 1.165) is 22.6 Å². The molecule has 0 saturated heterocycles. The van der Waals surface area contributed by atoms with Gasteiger partial charge in [-0.3, -0.25) is 0 Å². The van der Waals surface area contributed by atoms with Crippen LogP contribution in [0.25, 0.3) is 11.6 Å². The maximum Gasteiger partial charge on any atom is 0.161 e. The molecule has 1 aliphatic rings. The van der Waals surface area contributed by atoms with E-state index >= 15 is 0 Å². The average Bonchev–Trinajstić information content (AvgIpc) is 2.53. The van der Waals surface area contributed by atoms with Gasteiger partial charge in [0.05, 0.1) is 11.6 Å². The number of allylic oxidation sites excluding steroid dienone is 1. The van der Waals surface area contributed by atoms with Crippen LogP contribution in [0.5, 0.6) is 11.5 Å². The summed E-state index contributed by atoms with van der Waals surface area (Å²) in [7, 11) is 0. The van der Waals surface area contributed by atoms with Crippen LogP contribution >= 0.6 is 0 Å². The molecule has 0 radical (unpaired) electrons. The van der Waals surface area contributed by atoms with E-state index in [2.05, 4.69) is 6.07 Å². The van der Waals surface area contributed by atoms with Gasteiger partial charge in [-0.1, -0.05) is 35.9 Å². The minimum absolute atomic E-state index is 0.559. The molecule has 0 unspecified atom stereocenters. The first-order chi connectivity index (χ1) is 10.3. The fourth-order valence-electron chi connectivity index (χ4n) is 2.23. The van der Waals surface area contributed by atoms with Crippen LogP contribution in [0.2, 0.25) is 0 Å². The summed E-state index contributed by atoms with van der Waals surface area (Å²) in [5.41, 5.74) is 3.65. The lowest BCUT2D eigenvalue weighted by atomic mass is 10.0. The van der Waals surface area contributed by atoms with Crippen molar-refractivity contribution in [3.8, 4) is 17.6 Å². The molecule has 0 aliphatic carbocycles. The quantitative estimate of drug-likeness (QED) is 0.619. The topological polar surface area (TPSA) is 42.2 Å². The Bertz CT molecular complexity index is 724. The third kappa shape index (κ3) is 2.90. The van der Waals surface area contributed by atoms with Gasteiger partial charge in [0.1, 0.15) is 13.2 Å². The van der Waals surface area contributed by atoms with Gasteiger partial charge >= 0.3 is 0 Å². The molecule has 0 N–H and O–H groups in total. The smallest absolute Gasteiger partial charge is 0.161 e. The number of hydrogen-bond donors (Lipinski definition) is 0. The minimum atomic E-state index is 0.559. The first-order valence-corrected chi connectivity index (χ1v) is 6.85. The Hall–Kier alpha value is -2.73. The number of rotatable bonds is 2. The fourth-order valence-corrected chi connectivity index (χ4v) is 2.23. The van der Waals surface area contributed by atoms with E-state index in [1.54, 1.807) is 0 Å². The number of ether oxygens (including phenoxy) is 2. The average molecular weight is 277 g/mol. The molecule has 2 aromatic rings. The van der Waals surface area contributed by atoms with Crippen molar-refractivity contribution in [2.45, 2.75) is 6.92 Å². The highest BCUT2D eigenvalue weighted by Crippen LogP contribution is 2.32. The maximum atomic E-state index is 9.37. The molecule has 3 nitrogen and oxygen atoms in total. The Morgan fingerprint density at radius 2 is 1.76 bits per heavy atom. The fraction of sp³-hybridized carbons (Fsp3) is 0.167. The van der Waals surface area contributed by atoms with Crippen molar-refractivity contribution >= 4 is 11.6 Å². The molecule has 3 rings (SSSR count). The lowest BCUT2D eigenvalue weighted by Crippen LogP contribution is -2.15. The zero-order valence-electron chi connectivity index (χ0n) is 11.8. The van der Waals surface area contributed by atoms with Crippen LogP contribution in [0.4, 0.5) is 0 Å². The lowest BCUT2D eigenvalue weighted by molar-refractivity contribution is 0.171. The molecule has 0 amide bonds. The van der Waals surface area contributed by atoms with Crippen LogP contribution in [0.15, 0.2) is 42.5 Å². The van der Waals surface area contributed by atoms with Crippen molar-refractivity contribution in [3.63, 3.8) is 0 Å². The molecule has 1 aliphatic heterocycles. The molecule has 0 spiro atoms. The molecule has 104 valence electrons. The lowest BCUT2D eigenvalue weighted by Gasteiger charge is -2.18. The zero-order chi connectivity index (χ0) is 14.7. The van der Waals surface area contributed by atoms with Crippen LogP contribution in [0.1, 0.15) is 16.7 Å². The summed E-state index contributed by atoms with van der Waals surface area (Å²) < 4.78 is 11.1. The summed E-state index contributed by atoms with van der Waals surface area (Å²) in [5.74, 6) is 1.49. The van der Waals surface area contributed by atoms with Crippen molar-refractivity contribution in [2.75, 3.05) is 13.2 Å². The Kier molecular flexibility index (Phi) is 3.61. The molecule has 1 heterocycles. The van der Waals surface area contributed by atoms with E-state index < -0.39 is 0 Å². The van der Waals surface area contributed by atoms with Crippen molar-refractivity contribution in [1.29, 1.82) is 5.26 Å². The van der Waals surface area contributed by atoms with Gasteiger partial charge in [0.25, 0.3) is 0 Å². The molecule has 0 saturated carbocycles. The Balaban J connectivity index is 1.95. The van der Waals surface area contributed by atoms with Gasteiger partial charge in [-0.25, -0.2) is 0 Å². The van der Waals surface area contributed by atoms with Crippen molar-refractivity contribution in [1.82, 2.24) is 0 Å². The highest BCUT2D eigenvalue weighted by Gasteiger charge is 2.11. The van der Waals surface area contributed by atoms with E-state index in [1.165, 1.54) is 5.56 Å². The normalized spacial score (nSPS) is 13.6. The van der Waals surface area contributed by atoms with Crippen LogP contribution in [-0.4, -0.2) is 13.2 Å². The molecule has 0 fully saturated rings. The van der Waals surface area contributed by atoms with Gasteiger partial charge in [0, 0.05) is 0 Å². The molecule has 3 heteroatoms. The third-order valence-corrected chi connectivity index (χ3v) is 3.36. The van der Waals surface area contributed by atoms with Gasteiger partial charge in [-0.05, 0) is 36.3 Å². The number of nitrogens with zero attached hydrogens (tertiary/aromatic N) is 1. The molecular formula is C18H15NO2. The van der Waals surface area contributed by atoms with Gasteiger partial charge in [-0.2, -0.15) is 5.26 Å². The van der Waals surface area contributed by atoms with Crippen LogP contribution in [0, 0.1) is 18.3 Å². The van der Waals surface area contributed by atoms with Crippen molar-refractivity contribution < 1.29 is 9.47 Å². The number of nitriles is 1. The first kappa shape index (κ1) is 13.3. The number of hydrogen-bond acceptors (Lipinski definition) is 3. The SMILES string of the molecule is Cc1ccc(/C(C#N)=C/c2ccc3c(c2)OCCO3)cc1. The highest BCUT2D eigenvalue weighted by atomic mass is 16.6. The van der Waals surface area contributed by atoms with Crippen LogP contribution in [0.3, 0.4) is 0 Å². The monoisotopic (exact) mass is 277 g/mol. The second-order valence-corrected chi connectivity index (χ2v) is 4.94.